The highest BCUT2D eigenvalue weighted by molar-refractivity contribution is 7.89. The van der Waals surface area contributed by atoms with Crippen LogP contribution in [0, 0.1) is 0 Å². The Labute approximate surface area is 127 Å². The number of ether oxygens (including phenoxy) is 1. The van der Waals surface area contributed by atoms with Crippen LogP contribution in [-0.2, 0) is 25.2 Å². The first kappa shape index (κ1) is 15.7. The molecule has 0 radical (unpaired) electrons. The summed E-state index contributed by atoms with van der Waals surface area (Å²) in [5.41, 5.74) is -1.05. The molecule has 21 heavy (non-hydrogen) atoms. The number of aliphatic hydroxyl groups is 1. The van der Waals surface area contributed by atoms with Gasteiger partial charge in [0.1, 0.15) is 0 Å². The van der Waals surface area contributed by atoms with Crippen molar-refractivity contribution in [1.29, 1.82) is 0 Å². The van der Waals surface area contributed by atoms with Gasteiger partial charge >= 0.3 is 0 Å². The van der Waals surface area contributed by atoms with E-state index in [0.29, 0.717) is 10.6 Å². The third-order valence-corrected chi connectivity index (χ3v) is 4.70. The molecular weight excluding hydrogens is 318 g/mol. The van der Waals surface area contributed by atoms with Crippen LogP contribution in [0.3, 0.4) is 0 Å². The highest BCUT2D eigenvalue weighted by Gasteiger charge is 2.48. The maximum Gasteiger partial charge on any atom is 0.250 e. The monoisotopic (exact) mass is 331 g/mol. The molecule has 8 heteroatoms. The summed E-state index contributed by atoms with van der Waals surface area (Å²) in [5, 5.41) is 10.3. The first-order valence-corrected chi connectivity index (χ1v) is 8.16. The molecule has 1 unspecified atom stereocenters. The van der Waals surface area contributed by atoms with Crippen molar-refractivity contribution in [2.24, 2.45) is 0 Å². The summed E-state index contributed by atoms with van der Waals surface area (Å²) in [4.78, 5) is 12.2. The van der Waals surface area contributed by atoms with Gasteiger partial charge in [0.05, 0.1) is 5.75 Å². The van der Waals surface area contributed by atoms with E-state index in [-0.39, 0.29) is 5.75 Å². The standard InChI is InChI=1S/C13H14ClNO5S/c1-3-21(18,19)15-12-10(16)11(17)13(2,20-12)8-4-6-9(14)7-5-8/h4-7,15-16H,3H2,1-2H3. The second-order valence-electron chi connectivity index (χ2n) is 4.65. The Morgan fingerprint density at radius 3 is 2.43 bits per heavy atom. The number of aliphatic hydroxyl groups excluding tert-OH is 1. The molecule has 1 aliphatic rings. The van der Waals surface area contributed by atoms with E-state index in [2.05, 4.69) is 4.72 Å². The van der Waals surface area contributed by atoms with Gasteiger partial charge in [0.25, 0.3) is 5.78 Å². The van der Waals surface area contributed by atoms with Gasteiger partial charge in [-0.05, 0) is 26.0 Å². The number of carbonyl (C=O) groups is 1. The molecule has 1 atom stereocenters. The van der Waals surface area contributed by atoms with E-state index in [0.717, 1.165) is 0 Å². The number of carbonyl (C=O) groups excluding carboxylic acids is 1. The van der Waals surface area contributed by atoms with Crippen molar-refractivity contribution in [1.82, 2.24) is 4.72 Å². The van der Waals surface area contributed by atoms with Crippen molar-refractivity contribution in [3.63, 3.8) is 0 Å². The number of hydrogen-bond acceptors (Lipinski definition) is 5. The Morgan fingerprint density at radius 2 is 1.90 bits per heavy atom. The Bertz CT molecular complexity index is 711. The molecule has 0 spiro atoms. The molecule has 0 bridgehead atoms. The number of ketones is 1. The largest absolute Gasteiger partial charge is 0.501 e. The van der Waals surface area contributed by atoms with Gasteiger partial charge in [-0.15, -0.1) is 0 Å². The Kier molecular flexibility index (Phi) is 3.90. The van der Waals surface area contributed by atoms with E-state index >= 15 is 0 Å². The predicted octanol–water partition coefficient (Wildman–Crippen LogP) is 1.82. The summed E-state index contributed by atoms with van der Waals surface area (Å²) in [7, 11) is -3.66. The van der Waals surface area contributed by atoms with E-state index in [1.54, 1.807) is 24.3 Å². The zero-order chi connectivity index (χ0) is 15.8. The lowest BCUT2D eigenvalue weighted by molar-refractivity contribution is -0.131. The molecule has 0 aromatic heterocycles. The van der Waals surface area contributed by atoms with Crippen LogP contribution in [0.15, 0.2) is 35.9 Å². The van der Waals surface area contributed by atoms with Gasteiger partial charge in [-0.25, -0.2) is 8.42 Å². The van der Waals surface area contributed by atoms with Crippen molar-refractivity contribution in [3.8, 4) is 0 Å². The van der Waals surface area contributed by atoms with Crippen LogP contribution >= 0.6 is 11.6 Å². The fourth-order valence-electron chi connectivity index (χ4n) is 1.87. The molecule has 2 N–H and O–H groups in total. The van der Waals surface area contributed by atoms with E-state index in [1.165, 1.54) is 13.8 Å². The summed E-state index contributed by atoms with van der Waals surface area (Å²) in [5.74, 6) is -2.14. The second-order valence-corrected chi connectivity index (χ2v) is 7.10. The number of halogens is 1. The lowest BCUT2D eigenvalue weighted by Gasteiger charge is -2.23. The van der Waals surface area contributed by atoms with Crippen LogP contribution < -0.4 is 4.72 Å². The zero-order valence-electron chi connectivity index (χ0n) is 11.4. The van der Waals surface area contributed by atoms with Crippen LogP contribution in [0.1, 0.15) is 19.4 Å². The lowest BCUT2D eigenvalue weighted by Crippen LogP contribution is -2.32. The van der Waals surface area contributed by atoms with Crippen molar-refractivity contribution in [2.75, 3.05) is 5.75 Å². The summed E-state index contributed by atoms with van der Waals surface area (Å²) in [6.45, 7) is 2.87. The average Bonchev–Trinajstić information content (AvgIpc) is 2.64. The molecule has 114 valence electrons. The van der Waals surface area contributed by atoms with E-state index in [4.69, 9.17) is 16.3 Å². The predicted molar refractivity (Wildman–Crippen MR) is 77.1 cm³/mol. The number of rotatable bonds is 4. The molecule has 0 amide bonds. The number of sulfonamides is 1. The van der Waals surface area contributed by atoms with Gasteiger partial charge in [-0.1, -0.05) is 23.7 Å². The molecule has 6 nitrogen and oxygen atoms in total. The Hall–Kier alpha value is -1.73. The Balaban J connectivity index is 2.35. The zero-order valence-corrected chi connectivity index (χ0v) is 13.0. The molecule has 1 aliphatic heterocycles. The number of Topliss-reactive ketones (excluding diaryl/α,β-unsaturated/α-hetero) is 1. The van der Waals surface area contributed by atoms with Crippen LogP contribution in [0.2, 0.25) is 5.02 Å². The van der Waals surface area contributed by atoms with Gasteiger partial charge in [0.15, 0.2) is 5.60 Å². The normalized spacial score (nSPS) is 22.3. The smallest absolute Gasteiger partial charge is 0.250 e. The quantitative estimate of drug-likeness (QED) is 0.878. The maximum atomic E-state index is 12.2. The lowest BCUT2D eigenvalue weighted by atomic mass is 9.92. The van der Waals surface area contributed by atoms with Crippen molar-refractivity contribution in [2.45, 2.75) is 19.4 Å². The van der Waals surface area contributed by atoms with Gasteiger partial charge in [-0.2, -0.15) is 0 Å². The molecule has 2 rings (SSSR count). The fourth-order valence-corrected chi connectivity index (χ4v) is 2.56. The van der Waals surface area contributed by atoms with Crippen LogP contribution in [0.4, 0.5) is 0 Å². The minimum absolute atomic E-state index is 0.209. The van der Waals surface area contributed by atoms with Gasteiger partial charge in [0.2, 0.25) is 21.7 Å². The number of nitrogens with one attached hydrogen (secondary N) is 1. The van der Waals surface area contributed by atoms with E-state index < -0.39 is 33.0 Å². The second kappa shape index (κ2) is 5.23. The van der Waals surface area contributed by atoms with Gasteiger partial charge < -0.3 is 9.84 Å². The van der Waals surface area contributed by atoms with Crippen molar-refractivity contribution in [3.05, 3.63) is 46.5 Å². The highest BCUT2D eigenvalue weighted by atomic mass is 35.5. The van der Waals surface area contributed by atoms with E-state index in [1.807, 2.05) is 0 Å². The average molecular weight is 332 g/mol. The summed E-state index contributed by atoms with van der Waals surface area (Å²) in [6.07, 6.45) is 0. The van der Waals surface area contributed by atoms with Crippen LogP contribution in [0.25, 0.3) is 0 Å². The minimum Gasteiger partial charge on any atom is -0.501 e. The molecule has 0 saturated heterocycles. The van der Waals surface area contributed by atoms with Gasteiger partial charge in [-0.3, -0.25) is 9.52 Å². The maximum absolute atomic E-state index is 12.2. The molecule has 1 aromatic carbocycles. The van der Waals surface area contributed by atoms with Crippen LogP contribution in [0.5, 0.6) is 0 Å². The van der Waals surface area contributed by atoms with Gasteiger partial charge in [0, 0.05) is 10.6 Å². The first-order chi connectivity index (χ1) is 9.69. The van der Waals surface area contributed by atoms with Crippen molar-refractivity contribution >= 4 is 27.4 Å². The molecular formula is C13H14ClNO5S. The SMILES string of the molecule is CCS(=O)(=O)NC1=C(O)C(=O)C(C)(c2ccc(Cl)cc2)O1. The number of benzene rings is 1. The summed E-state index contributed by atoms with van der Waals surface area (Å²) < 4.78 is 30.5. The van der Waals surface area contributed by atoms with Crippen LogP contribution in [-0.4, -0.2) is 25.1 Å². The summed E-state index contributed by atoms with van der Waals surface area (Å²) >= 11 is 5.79. The third kappa shape index (κ3) is 2.84. The molecule has 0 saturated carbocycles. The fraction of sp³-hybridized carbons (Fsp3) is 0.308. The minimum atomic E-state index is -3.66. The Morgan fingerprint density at radius 1 is 1.33 bits per heavy atom. The molecule has 1 aromatic rings. The molecule has 0 fully saturated rings. The third-order valence-electron chi connectivity index (χ3n) is 3.19. The van der Waals surface area contributed by atoms with Crippen molar-refractivity contribution < 1.29 is 23.1 Å². The molecule has 1 heterocycles. The topological polar surface area (TPSA) is 92.7 Å². The first-order valence-electron chi connectivity index (χ1n) is 6.13. The number of hydrogen-bond donors (Lipinski definition) is 2. The molecule has 0 aliphatic carbocycles. The highest BCUT2D eigenvalue weighted by Crippen LogP contribution is 2.37. The summed E-state index contributed by atoms with van der Waals surface area (Å²) in [6, 6.07) is 6.30. The van der Waals surface area contributed by atoms with E-state index in [9.17, 15) is 18.3 Å².